The van der Waals surface area contributed by atoms with E-state index < -0.39 is 5.91 Å². The minimum absolute atomic E-state index is 0.173. The number of hydrogen-bond donors (Lipinski definition) is 4. The molecular formula is C10H15N7OS. The van der Waals surface area contributed by atoms with Crippen molar-refractivity contribution in [3.05, 3.63) is 17.7 Å². The maximum absolute atomic E-state index is 10.8. The zero-order chi connectivity index (χ0) is 14.1. The average molecular weight is 281 g/mol. The lowest BCUT2D eigenvalue weighted by Crippen LogP contribution is -2.35. The van der Waals surface area contributed by atoms with Crippen LogP contribution in [0.2, 0.25) is 0 Å². The Hall–Kier alpha value is -2.21. The number of aromatic amines is 1. The molecule has 1 aromatic heterocycles. The summed E-state index contributed by atoms with van der Waals surface area (Å²) in [5.74, 6) is 1.57. The lowest BCUT2D eigenvalue weighted by atomic mass is 10.5. The highest BCUT2D eigenvalue weighted by Crippen LogP contribution is 2.09. The molecule has 1 rings (SSSR count). The number of rotatable bonds is 6. The molecule has 1 heterocycles. The molecule has 0 aliphatic carbocycles. The van der Waals surface area contributed by atoms with E-state index in [0.29, 0.717) is 18.3 Å². The van der Waals surface area contributed by atoms with Gasteiger partial charge < -0.3 is 21.4 Å². The molecule has 0 aliphatic heterocycles. The first-order chi connectivity index (χ1) is 9.17. The zero-order valence-electron chi connectivity index (χ0n) is 10.4. The SMILES string of the molecule is CNC(=NC#N)NCCSCc1cnc(C(N)=O)[nH]1. The van der Waals surface area contributed by atoms with E-state index in [4.69, 9.17) is 11.0 Å². The Kier molecular flexibility index (Phi) is 6.25. The third-order valence-corrected chi connectivity index (χ3v) is 3.06. The number of carbonyl (C=O) groups is 1. The second-order valence-electron chi connectivity index (χ2n) is 3.41. The number of aliphatic imine (C=N–C) groups is 1. The van der Waals surface area contributed by atoms with Gasteiger partial charge >= 0.3 is 0 Å². The number of aromatic nitrogens is 2. The molecule has 0 bridgehead atoms. The molecule has 102 valence electrons. The molecule has 0 radical (unpaired) electrons. The Morgan fingerprint density at radius 3 is 3.11 bits per heavy atom. The van der Waals surface area contributed by atoms with E-state index in [2.05, 4.69) is 25.6 Å². The molecule has 1 amide bonds. The van der Waals surface area contributed by atoms with E-state index in [0.717, 1.165) is 11.4 Å². The lowest BCUT2D eigenvalue weighted by Gasteiger charge is -2.06. The van der Waals surface area contributed by atoms with Gasteiger partial charge in [-0.1, -0.05) is 0 Å². The van der Waals surface area contributed by atoms with Crippen LogP contribution in [0.4, 0.5) is 0 Å². The quantitative estimate of drug-likeness (QED) is 0.238. The number of amides is 1. The molecule has 0 saturated heterocycles. The second-order valence-corrected chi connectivity index (χ2v) is 4.52. The highest BCUT2D eigenvalue weighted by molar-refractivity contribution is 7.98. The fraction of sp³-hybridized carbons (Fsp3) is 0.400. The topological polar surface area (TPSA) is 132 Å². The molecule has 0 aromatic carbocycles. The van der Waals surface area contributed by atoms with Crippen LogP contribution >= 0.6 is 11.8 Å². The molecule has 0 spiro atoms. The van der Waals surface area contributed by atoms with Crippen molar-refractivity contribution >= 4 is 23.6 Å². The maximum Gasteiger partial charge on any atom is 0.284 e. The number of guanidine groups is 1. The lowest BCUT2D eigenvalue weighted by molar-refractivity contribution is 0.0991. The van der Waals surface area contributed by atoms with Crippen molar-refractivity contribution in [1.82, 2.24) is 20.6 Å². The van der Waals surface area contributed by atoms with Gasteiger partial charge in [0.1, 0.15) is 0 Å². The number of nitrogens with two attached hydrogens (primary N) is 1. The van der Waals surface area contributed by atoms with Crippen molar-refractivity contribution in [2.45, 2.75) is 5.75 Å². The van der Waals surface area contributed by atoms with Gasteiger partial charge in [0.05, 0.1) is 0 Å². The van der Waals surface area contributed by atoms with Gasteiger partial charge in [0.25, 0.3) is 5.91 Å². The van der Waals surface area contributed by atoms with E-state index in [9.17, 15) is 4.79 Å². The second kappa shape index (κ2) is 7.99. The molecule has 0 saturated carbocycles. The number of carbonyl (C=O) groups excluding carboxylic acids is 1. The number of thioether (sulfide) groups is 1. The number of nitrogens with one attached hydrogen (secondary N) is 3. The van der Waals surface area contributed by atoms with Crippen molar-refractivity contribution < 1.29 is 4.79 Å². The normalized spacial score (nSPS) is 10.8. The van der Waals surface area contributed by atoms with Gasteiger partial charge in [-0.05, 0) is 0 Å². The fourth-order valence-corrected chi connectivity index (χ4v) is 1.97. The number of nitrogens with zero attached hydrogens (tertiary/aromatic N) is 3. The van der Waals surface area contributed by atoms with Crippen LogP contribution in [0, 0.1) is 11.5 Å². The monoisotopic (exact) mass is 281 g/mol. The summed E-state index contributed by atoms with van der Waals surface area (Å²) in [5.41, 5.74) is 5.93. The minimum Gasteiger partial charge on any atom is -0.363 e. The summed E-state index contributed by atoms with van der Waals surface area (Å²) < 4.78 is 0. The van der Waals surface area contributed by atoms with Crippen LogP contribution in [-0.4, -0.2) is 41.2 Å². The molecule has 19 heavy (non-hydrogen) atoms. The number of primary amides is 1. The van der Waals surface area contributed by atoms with Gasteiger partial charge in [-0.25, -0.2) is 4.98 Å². The van der Waals surface area contributed by atoms with Gasteiger partial charge in [0.15, 0.2) is 5.82 Å². The predicted octanol–water partition coefficient (Wildman–Crippen LogP) is -0.612. The Balaban J connectivity index is 2.22. The fourth-order valence-electron chi connectivity index (χ4n) is 1.22. The smallest absolute Gasteiger partial charge is 0.284 e. The van der Waals surface area contributed by atoms with Crippen LogP contribution < -0.4 is 16.4 Å². The average Bonchev–Trinajstić information content (AvgIpc) is 2.86. The van der Waals surface area contributed by atoms with E-state index in [1.165, 1.54) is 0 Å². The summed E-state index contributed by atoms with van der Waals surface area (Å²) in [6.07, 6.45) is 3.29. The summed E-state index contributed by atoms with van der Waals surface area (Å²) in [6, 6.07) is 0. The van der Waals surface area contributed by atoms with Crippen molar-refractivity contribution in [3.8, 4) is 6.19 Å². The number of nitriles is 1. The minimum atomic E-state index is -0.565. The summed E-state index contributed by atoms with van der Waals surface area (Å²) in [6.45, 7) is 0.669. The summed E-state index contributed by atoms with van der Waals surface area (Å²) >= 11 is 1.65. The predicted molar refractivity (Wildman–Crippen MR) is 73.4 cm³/mol. The van der Waals surface area contributed by atoms with Crippen LogP contribution in [0.15, 0.2) is 11.2 Å². The van der Waals surface area contributed by atoms with Crippen molar-refractivity contribution in [2.24, 2.45) is 10.7 Å². The van der Waals surface area contributed by atoms with Crippen molar-refractivity contribution in [3.63, 3.8) is 0 Å². The largest absolute Gasteiger partial charge is 0.363 e. The Bertz CT molecular complexity index is 490. The molecule has 9 heteroatoms. The van der Waals surface area contributed by atoms with Gasteiger partial charge in [0, 0.05) is 37.0 Å². The number of imidazole rings is 1. The molecule has 0 fully saturated rings. The summed E-state index contributed by atoms with van der Waals surface area (Å²) in [7, 11) is 1.69. The van der Waals surface area contributed by atoms with E-state index in [1.807, 2.05) is 0 Å². The highest BCUT2D eigenvalue weighted by Gasteiger charge is 2.05. The van der Waals surface area contributed by atoms with E-state index >= 15 is 0 Å². The standard InChI is InChI=1S/C10H15N7OS/c1-13-10(16-6-11)14-2-3-19-5-7-4-15-9(17-7)8(12)18/h4H,2-3,5H2,1H3,(H2,12,18)(H,15,17)(H2,13,14,16). The highest BCUT2D eigenvalue weighted by atomic mass is 32.2. The molecule has 0 atom stereocenters. The van der Waals surface area contributed by atoms with Gasteiger partial charge in [0.2, 0.25) is 12.2 Å². The molecule has 8 nitrogen and oxygen atoms in total. The van der Waals surface area contributed by atoms with Crippen LogP contribution in [0.25, 0.3) is 0 Å². The maximum atomic E-state index is 10.8. The number of H-pyrrole nitrogens is 1. The van der Waals surface area contributed by atoms with E-state index in [1.54, 1.807) is 31.2 Å². The molecule has 0 unspecified atom stereocenters. The van der Waals surface area contributed by atoms with E-state index in [-0.39, 0.29) is 5.82 Å². The van der Waals surface area contributed by atoms with Crippen LogP contribution in [0.1, 0.15) is 16.3 Å². The van der Waals surface area contributed by atoms with Crippen LogP contribution in [0.5, 0.6) is 0 Å². The zero-order valence-corrected chi connectivity index (χ0v) is 11.3. The van der Waals surface area contributed by atoms with Gasteiger partial charge in [-0.2, -0.15) is 17.0 Å². The summed E-state index contributed by atoms with van der Waals surface area (Å²) in [4.78, 5) is 21.1. The van der Waals surface area contributed by atoms with Gasteiger partial charge in [-0.15, -0.1) is 4.99 Å². The van der Waals surface area contributed by atoms with Crippen molar-refractivity contribution in [1.29, 1.82) is 5.26 Å². The third-order valence-electron chi connectivity index (χ3n) is 2.06. The molecule has 5 N–H and O–H groups in total. The number of hydrogen-bond acceptors (Lipinski definition) is 5. The van der Waals surface area contributed by atoms with Crippen LogP contribution in [0.3, 0.4) is 0 Å². The first kappa shape index (κ1) is 14.8. The van der Waals surface area contributed by atoms with Gasteiger partial charge in [-0.3, -0.25) is 4.79 Å². The first-order valence-electron chi connectivity index (χ1n) is 5.47. The first-order valence-corrected chi connectivity index (χ1v) is 6.62. The molecule has 0 aliphatic rings. The Morgan fingerprint density at radius 1 is 1.74 bits per heavy atom. The Morgan fingerprint density at radius 2 is 2.53 bits per heavy atom. The Labute approximate surface area is 114 Å². The van der Waals surface area contributed by atoms with Crippen LogP contribution in [-0.2, 0) is 5.75 Å². The molecule has 1 aromatic rings. The third kappa shape index (κ3) is 5.31. The molecular weight excluding hydrogens is 266 g/mol. The summed E-state index contributed by atoms with van der Waals surface area (Å²) in [5, 5.41) is 14.1. The van der Waals surface area contributed by atoms with Crippen molar-refractivity contribution in [2.75, 3.05) is 19.3 Å².